The largest absolute Gasteiger partial charge is 0.493 e. The summed E-state index contributed by atoms with van der Waals surface area (Å²) in [4.78, 5) is 23.6. The molecule has 142 valence electrons. The molecule has 0 saturated carbocycles. The minimum Gasteiger partial charge on any atom is -0.493 e. The maximum atomic E-state index is 14.3. The number of carboxylic acids is 1. The summed E-state index contributed by atoms with van der Waals surface area (Å²) in [6.07, 6.45) is -0.866. The van der Waals surface area contributed by atoms with Crippen molar-refractivity contribution in [1.29, 1.82) is 0 Å². The second kappa shape index (κ2) is 7.65. The van der Waals surface area contributed by atoms with Gasteiger partial charge in [0.05, 0.1) is 13.0 Å². The lowest BCUT2D eigenvalue weighted by molar-refractivity contribution is -0.136. The van der Waals surface area contributed by atoms with Gasteiger partial charge in [0.1, 0.15) is 11.6 Å². The van der Waals surface area contributed by atoms with Gasteiger partial charge in [-0.3, -0.25) is 4.79 Å². The van der Waals surface area contributed by atoms with Crippen molar-refractivity contribution in [2.24, 2.45) is 0 Å². The molecule has 1 aliphatic heterocycles. The van der Waals surface area contributed by atoms with Crippen molar-refractivity contribution >= 4 is 12.1 Å². The highest BCUT2D eigenvalue weighted by Gasteiger charge is 2.26. The third-order valence-corrected chi connectivity index (χ3v) is 4.62. The van der Waals surface area contributed by atoms with Crippen molar-refractivity contribution in [3.8, 4) is 16.9 Å². The molecule has 6 nitrogen and oxygen atoms in total. The number of carboxylic acid groups (broad SMARTS) is 2. The van der Waals surface area contributed by atoms with E-state index in [2.05, 4.69) is 0 Å². The summed E-state index contributed by atoms with van der Waals surface area (Å²) >= 11 is 0. The summed E-state index contributed by atoms with van der Waals surface area (Å²) in [7, 11) is 0. The van der Waals surface area contributed by atoms with E-state index in [-0.39, 0.29) is 25.3 Å². The zero-order valence-electron chi connectivity index (χ0n) is 14.9. The molecule has 27 heavy (non-hydrogen) atoms. The van der Waals surface area contributed by atoms with Gasteiger partial charge < -0.3 is 19.8 Å². The normalized spacial score (nSPS) is 13.2. The van der Waals surface area contributed by atoms with Crippen LogP contribution in [-0.2, 0) is 24.2 Å². The molecule has 3 rings (SSSR count). The molecule has 2 aromatic rings. The van der Waals surface area contributed by atoms with Crippen molar-refractivity contribution in [2.75, 3.05) is 13.2 Å². The van der Waals surface area contributed by atoms with Crippen LogP contribution in [0.2, 0.25) is 0 Å². The van der Waals surface area contributed by atoms with E-state index in [4.69, 9.17) is 9.84 Å². The molecule has 0 atom stereocenters. The number of rotatable bonds is 5. The lowest BCUT2D eigenvalue weighted by Crippen LogP contribution is -2.35. The molecule has 0 spiro atoms. The second-order valence-corrected chi connectivity index (χ2v) is 6.34. The van der Waals surface area contributed by atoms with Crippen LogP contribution in [0, 0.1) is 5.82 Å². The molecule has 2 aromatic carbocycles. The van der Waals surface area contributed by atoms with Crippen LogP contribution in [0.3, 0.4) is 0 Å². The molecule has 7 heteroatoms. The van der Waals surface area contributed by atoms with Gasteiger partial charge in [-0.25, -0.2) is 9.18 Å². The second-order valence-electron chi connectivity index (χ2n) is 6.34. The Balaban J connectivity index is 2.11. The number of carbonyl (C=O) groups is 2. The van der Waals surface area contributed by atoms with Crippen LogP contribution in [0.15, 0.2) is 30.3 Å². The van der Waals surface area contributed by atoms with E-state index >= 15 is 0 Å². The van der Waals surface area contributed by atoms with Crippen molar-refractivity contribution < 1.29 is 28.9 Å². The fraction of sp³-hybridized carbons (Fsp3) is 0.300. The summed E-state index contributed by atoms with van der Waals surface area (Å²) in [6, 6.07) is 8.11. The van der Waals surface area contributed by atoms with Crippen molar-refractivity contribution in [3.05, 3.63) is 52.8 Å². The first-order valence-electron chi connectivity index (χ1n) is 8.66. The first-order chi connectivity index (χ1) is 12.9. The van der Waals surface area contributed by atoms with E-state index in [0.29, 0.717) is 46.6 Å². The molecule has 1 amide bonds. The molecular weight excluding hydrogens is 353 g/mol. The zero-order chi connectivity index (χ0) is 19.6. The van der Waals surface area contributed by atoms with E-state index in [0.717, 1.165) is 0 Å². The summed E-state index contributed by atoms with van der Waals surface area (Å²) in [6.45, 7) is 2.55. The summed E-state index contributed by atoms with van der Waals surface area (Å²) in [5.41, 5.74) is 3.12. The van der Waals surface area contributed by atoms with Crippen molar-refractivity contribution in [3.63, 3.8) is 0 Å². The summed E-state index contributed by atoms with van der Waals surface area (Å²) < 4.78 is 20.0. The Morgan fingerprint density at radius 1 is 1.15 bits per heavy atom. The average Bonchev–Trinajstić information content (AvgIpc) is 2.62. The van der Waals surface area contributed by atoms with Crippen LogP contribution in [-0.4, -0.2) is 40.3 Å². The predicted molar refractivity (Wildman–Crippen MR) is 96.5 cm³/mol. The molecule has 0 aliphatic carbocycles. The molecule has 0 fully saturated rings. The van der Waals surface area contributed by atoms with Gasteiger partial charge in [0.2, 0.25) is 0 Å². The quantitative estimate of drug-likeness (QED) is 0.837. The number of fused-ring (bicyclic) bond motifs is 1. The molecule has 0 saturated heterocycles. The maximum Gasteiger partial charge on any atom is 0.407 e. The standard InChI is InChI=1S/C20H20FNO5/c1-2-27-18-9-12(10-19(23)24)3-4-15(18)13-5-6-17(21)14-7-8-22(20(25)26)11-16(13)14/h3-6,9H,2,7-8,10-11H2,1H3,(H,23,24)(H,25,26). The average molecular weight is 373 g/mol. The Morgan fingerprint density at radius 3 is 2.56 bits per heavy atom. The van der Waals surface area contributed by atoms with Gasteiger partial charge in [0.25, 0.3) is 0 Å². The molecule has 0 radical (unpaired) electrons. The number of amides is 1. The first-order valence-corrected chi connectivity index (χ1v) is 8.66. The monoisotopic (exact) mass is 373 g/mol. The van der Waals surface area contributed by atoms with Crippen molar-refractivity contribution in [1.82, 2.24) is 4.90 Å². The fourth-order valence-electron chi connectivity index (χ4n) is 3.40. The molecule has 2 N–H and O–H groups in total. The Hall–Kier alpha value is -3.09. The van der Waals surface area contributed by atoms with Crippen LogP contribution in [0.1, 0.15) is 23.6 Å². The number of hydrogen-bond acceptors (Lipinski definition) is 3. The van der Waals surface area contributed by atoms with Crippen LogP contribution < -0.4 is 4.74 Å². The van der Waals surface area contributed by atoms with Gasteiger partial charge in [-0.15, -0.1) is 0 Å². The van der Waals surface area contributed by atoms with E-state index < -0.39 is 12.1 Å². The maximum absolute atomic E-state index is 14.3. The lowest BCUT2D eigenvalue weighted by atomic mass is 9.90. The van der Waals surface area contributed by atoms with E-state index in [9.17, 15) is 19.1 Å². The van der Waals surface area contributed by atoms with Crippen molar-refractivity contribution in [2.45, 2.75) is 26.3 Å². The van der Waals surface area contributed by atoms with Crippen LogP contribution in [0.5, 0.6) is 5.75 Å². The highest BCUT2D eigenvalue weighted by Crippen LogP contribution is 2.37. The summed E-state index contributed by atoms with van der Waals surface area (Å²) in [5, 5.41) is 18.3. The van der Waals surface area contributed by atoms with Gasteiger partial charge in [-0.05, 0) is 47.7 Å². The minimum atomic E-state index is -1.04. The number of hydrogen-bond donors (Lipinski definition) is 2. The lowest BCUT2D eigenvalue weighted by Gasteiger charge is -2.29. The number of benzene rings is 2. The SMILES string of the molecule is CCOc1cc(CC(=O)O)ccc1-c1ccc(F)c2c1CN(C(=O)O)CC2. The molecule has 0 unspecified atom stereocenters. The van der Waals surface area contributed by atoms with Crippen LogP contribution >= 0.6 is 0 Å². The first kappa shape index (κ1) is 18.7. The minimum absolute atomic E-state index is 0.0974. The third-order valence-electron chi connectivity index (χ3n) is 4.62. The Bertz CT molecular complexity index is 896. The highest BCUT2D eigenvalue weighted by atomic mass is 19.1. The Kier molecular flexibility index (Phi) is 5.30. The Labute approximate surface area is 155 Å². The molecule has 1 aliphatic rings. The number of aliphatic carboxylic acids is 1. The topological polar surface area (TPSA) is 87.1 Å². The number of halogens is 1. The molecule has 0 aromatic heterocycles. The zero-order valence-corrected chi connectivity index (χ0v) is 14.9. The Morgan fingerprint density at radius 2 is 1.89 bits per heavy atom. The van der Waals surface area contributed by atoms with Crippen LogP contribution in [0.25, 0.3) is 11.1 Å². The molecular formula is C20H20FNO5. The number of ether oxygens (including phenoxy) is 1. The fourth-order valence-corrected chi connectivity index (χ4v) is 3.40. The summed E-state index contributed by atoms with van der Waals surface area (Å²) in [5.74, 6) is -0.793. The van der Waals surface area contributed by atoms with E-state index in [1.54, 1.807) is 24.3 Å². The van der Waals surface area contributed by atoms with E-state index in [1.165, 1.54) is 11.0 Å². The van der Waals surface area contributed by atoms with Gasteiger partial charge >= 0.3 is 12.1 Å². The highest BCUT2D eigenvalue weighted by molar-refractivity contribution is 5.77. The predicted octanol–water partition coefficient (Wildman–Crippen LogP) is 3.55. The number of nitrogens with zero attached hydrogens (tertiary/aromatic N) is 1. The van der Waals surface area contributed by atoms with Gasteiger partial charge in [0.15, 0.2) is 0 Å². The van der Waals surface area contributed by atoms with Crippen LogP contribution in [0.4, 0.5) is 9.18 Å². The van der Waals surface area contributed by atoms with E-state index in [1.807, 2.05) is 6.92 Å². The molecule has 0 bridgehead atoms. The third kappa shape index (κ3) is 3.86. The van der Waals surface area contributed by atoms with Gasteiger partial charge in [-0.2, -0.15) is 0 Å². The van der Waals surface area contributed by atoms with Gasteiger partial charge in [-0.1, -0.05) is 18.2 Å². The van der Waals surface area contributed by atoms with Gasteiger partial charge in [0, 0.05) is 18.7 Å². The smallest absolute Gasteiger partial charge is 0.407 e. The molecule has 1 heterocycles.